The molecule has 0 aromatic carbocycles. The van der Waals surface area contributed by atoms with E-state index in [9.17, 15) is 14.4 Å². The van der Waals surface area contributed by atoms with Gasteiger partial charge in [-0.1, -0.05) is 6.92 Å². The van der Waals surface area contributed by atoms with E-state index in [1.165, 1.54) is 18.9 Å². The third-order valence-corrected chi connectivity index (χ3v) is 2.97. The highest BCUT2D eigenvalue weighted by Crippen LogP contribution is 2.13. The molecule has 1 unspecified atom stereocenters. The van der Waals surface area contributed by atoms with E-state index >= 15 is 0 Å². The van der Waals surface area contributed by atoms with Crippen LogP contribution in [0.3, 0.4) is 0 Å². The van der Waals surface area contributed by atoms with Gasteiger partial charge in [-0.15, -0.1) is 11.8 Å². The number of methoxy groups -OCH3 is 1. The summed E-state index contributed by atoms with van der Waals surface area (Å²) in [6.07, 6.45) is -0.0159. The number of carboxylic acid groups (broad SMARTS) is 1. The monoisotopic (exact) mass is 278 g/mol. The first kappa shape index (κ1) is 16.7. The number of ether oxygens (including phenoxy) is 1. The van der Waals surface area contributed by atoms with Crippen molar-refractivity contribution in [1.29, 1.82) is 0 Å². The summed E-state index contributed by atoms with van der Waals surface area (Å²) in [7, 11) is 1.51. The van der Waals surface area contributed by atoms with Crippen LogP contribution < -0.4 is 10.6 Å². The van der Waals surface area contributed by atoms with E-state index in [4.69, 9.17) is 9.84 Å². The molecular formula is C10H18N2O5S. The molecular weight excluding hydrogens is 260 g/mol. The van der Waals surface area contributed by atoms with Gasteiger partial charge < -0.3 is 15.2 Å². The topological polar surface area (TPSA) is 105 Å². The maximum Gasteiger partial charge on any atom is 0.321 e. The zero-order chi connectivity index (χ0) is 14.0. The second-order valence-corrected chi connectivity index (χ2v) is 4.94. The van der Waals surface area contributed by atoms with Gasteiger partial charge in [-0.05, 0) is 0 Å². The molecule has 0 heterocycles. The Hall–Kier alpha value is -1.28. The maximum atomic E-state index is 11.3. The van der Waals surface area contributed by atoms with Crippen LogP contribution in [-0.2, 0) is 14.3 Å². The largest absolute Gasteiger partial charge is 0.481 e. The third-order valence-electron chi connectivity index (χ3n) is 1.81. The van der Waals surface area contributed by atoms with E-state index in [1.54, 1.807) is 6.92 Å². The van der Waals surface area contributed by atoms with Gasteiger partial charge in [0, 0.05) is 18.9 Å². The van der Waals surface area contributed by atoms with Gasteiger partial charge in [-0.2, -0.15) is 0 Å². The van der Waals surface area contributed by atoms with E-state index in [-0.39, 0.29) is 17.4 Å². The number of hydrogen-bond donors (Lipinski definition) is 3. The summed E-state index contributed by atoms with van der Waals surface area (Å²) in [5.41, 5.74) is 0. The molecule has 3 amide bonds. The number of nitrogens with one attached hydrogen (secondary N) is 2. The number of carbonyl (C=O) groups excluding carboxylic acids is 2. The molecule has 7 nitrogen and oxygen atoms in total. The molecule has 0 fully saturated rings. The second-order valence-electron chi connectivity index (χ2n) is 3.52. The van der Waals surface area contributed by atoms with Crippen molar-refractivity contribution < 1.29 is 24.2 Å². The van der Waals surface area contributed by atoms with Crippen molar-refractivity contribution in [3.63, 3.8) is 0 Å². The molecule has 0 aliphatic rings. The summed E-state index contributed by atoms with van der Waals surface area (Å²) >= 11 is 1.19. The summed E-state index contributed by atoms with van der Waals surface area (Å²) in [5.74, 6) is -1.31. The normalized spacial score (nSPS) is 11.7. The Morgan fingerprint density at radius 3 is 2.61 bits per heavy atom. The predicted molar refractivity (Wildman–Crippen MR) is 67.6 cm³/mol. The van der Waals surface area contributed by atoms with Crippen molar-refractivity contribution >= 4 is 29.7 Å². The highest BCUT2D eigenvalue weighted by molar-refractivity contribution is 8.00. The van der Waals surface area contributed by atoms with E-state index < -0.39 is 17.9 Å². The summed E-state index contributed by atoms with van der Waals surface area (Å²) in [4.78, 5) is 32.8. The minimum atomic E-state index is -0.910. The zero-order valence-corrected chi connectivity index (χ0v) is 11.2. The Morgan fingerprint density at radius 1 is 1.39 bits per heavy atom. The van der Waals surface area contributed by atoms with Gasteiger partial charge in [-0.25, -0.2) is 4.79 Å². The van der Waals surface area contributed by atoms with E-state index in [1.807, 2.05) is 0 Å². The Balaban J connectivity index is 3.70. The van der Waals surface area contributed by atoms with E-state index in [0.717, 1.165) is 0 Å². The van der Waals surface area contributed by atoms with Crippen LogP contribution in [0, 0.1) is 0 Å². The maximum absolute atomic E-state index is 11.3. The molecule has 8 heteroatoms. The molecule has 0 aromatic heterocycles. The van der Waals surface area contributed by atoms with Gasteiger partial charge in [0.1, 0.15) is 0 Å². The SMILES string of the molecule is COCCNC(=O)NC(=O)CSC(C)CC(=O)O. The molecule has 0 saturated carbocycles. The summed E-state index contributed by atoms with van der Waals surface area (Å²) in [6, 6.07) is -0.580. The molecule has 0 bridgehead atoms. The first-order valence-electron chi connectivity index (χ1n) is 5.35. The predicted octanol–water partition coefficient (Wildman–Crippen LogP) is 0.0550. The molecule has 0 spiro atoms. The minimum absolute atomic E-state index is 0.0159. The molecule has 1 atom stereocenters. The Morgan fingerprint density at radius 2 is 2.06 bits per heavy atom. The van der Waals surface area contributed by atoms with Crippen LogP contribution in [-0.4, -0.2) is 54.3 Å². The molecule has 0 rings (SSSR count). The Labute approximate surface area is 110 Å². The molecule has 0 radical (unpaired) electrons. The first-order chi connectivity index (χ1) is 8.45. The average Bonchev–Trinajstić information content (AvgIpc) is 2.26. The lowest BCUT2D eigenvalue weighted by molar-refractivity contribution is -0.136. The van der Waals surface area contributed by atoms with Crippen molar-refractivity contribution in [2.45, 2.75) is 18.6 Å². The van der Waals surface area contributed by atoms with Gasteiger partial charge in [0.25, 0.3) is 0 Å². The molecule has 3 N–H and O–H groups in total. The van der Waals surface area contributed by atoms with Gasteiger partial charge in [0.2, 0.25) is 5.91 Å². The van der Waals surface area contributed by atoms with Crippen LogP contribution in [0.5, 0.6) is 0 Å². The number of aliphatic carboxylic acids is 1. The highest BCUT2D eigenvalue weighted by Gasteiger charge is 2.12. The van der Waals surface area contributed by atoms with Crippen LogP contribution in [0.15, 0.2) is 0 Å². The number of carboxylic acids is 1. The summed E-state index contributed by atoms with van der Waals surface area (Å²) in [6.45, 7) is 2.40. The van der Waals surface area contributed by atoms with Crippen LogP contribution in [0.1, 0.15) is 13.3 Å². The third kappa shape index (κ3) is 9.91. The molecule has 18 heavy (non-hydrogen) atoms. The molecule has 0 saturated heterocycles. The lowest BCUT2D eigenvalue weighted by Gasteiger charge is -2.09. The smallest absolute Gasteiger partial charge is 0.321 e. The number of amides is 3. The van der Waals surface area contributed by atoms with E-state index in [0.29, 0.717) is 13.2 Å². The Bertz CT molecular complexity index is 298. The van der Waals surface area contributed by atoms with Crippen molar-refractivity contribution in [2.75, 3.05) is 26.0 Å². The molecule has 0 aliphatic carbocycles. The standard InChI is InChI=1S/C10H18N2O5S/c1-7(5-9(14)15)18-6-8(13)12-10(16)11-3-4-17-2/h7H,3-6H2,1-2H3,(H,14,15)(H2,11,12,13,16). The van der Waals surface area contributed by atoms with Crippen molar-refractivity contribution in [1.82, 2.24) is 10.6 Å². The van der Waals surface area contributed by atoms with Gasteiger partial charge in [-0.3, -0.25) is 14.9 Å². The number of hydrogen-bond acceptors (Lipinski definition) is 5. The average molecular weight is 278 g/mol. The summed E-state index contributed by atoms with van der Waals surface area (Å²) in [5, 5.41) is 12.9. The van der Waals surface area contributed by atoms with Crippen LogP contribution in [0.25, 0.3) is 0 Å². The van der Waals surface area contributed by atoms with Crippen molar-refractivity contribution in [3.05, 3.63) is 0 Å². The van der Waals surface area contributed by atoms with Crippen LogP contribution in [0.4, 0.5) is 4.79 Å². The Kier molecular flexibility index (Phi) is 9.03. The quantitative estimate of drug-likeness (QED) is 0.542. The summed E-state index contributed by atoms with van der Waals surface area (Å²) < 4.78 is 4.73. The van der Waals surface area contributed by atoms with Crippen LogP contribution >= 0.6 is 11.8 Å². The number of imide groups is 1. The van der Waals surface area contributed by atoms with Crippen molar-refractivity contribution in [3.8, 4) is 0 Å². The van der Waals surface area contributed by atoms with Gasteiger partial charge >= 0.3 is 12.0 Å². The fraction of sp³-hybridized carbons (Fsp3) is 0.700. The molecule has 0 aliphatic heterocycles. The molecule has 104 valence electrons. The zero-order valence-electron chi connectivity index (χ0n) is 10.4. The van der Waals surface area contributed by atoms with Gasteiger partial charge in [0.05, 0.1) is 18.8 Å². The first-order valence-corrected chi connectivity index (χ1v) is 6.40. The van der Waals surface area contributed by atoms with Gasteiger partial charge in [0.15, 0.2) is 0 Å². The minimum Gasteiger partial charge on any atom is -0.481 e. The van der Waals surface area contributed by atoms with Crippen molar-refractivity contribution in [2.24, 2.45) is 0 Å². The lowest BCUT2D eigenvalue weighted by atomic mass is 10.3. The highest BCUT2D eigenvalue weighted by atomic mass is 32.2. The fourth-order valence-corrected chi connectivity index (χ4v) is 1.76. The number of rotatable bonds is 8. The fourth-order valence-electron chi connectivity index (χ4n) is 0.996. The lowest BCUT2D eigenvalue weighted by Crippen LogP contribution is -2.41. The molecule has 0 aromatic rings. The van der Waals surface area contributed by atoms with Crippen LogP contribution in [0.2, 0.25) is 0 Å². The second kappa shape index (κ2) is 9.72. The number of thioether (sulfide) groups is 1. The number of carbonyl (C=O) groups is 3. The number of urea groups is 1. The van der Waals surface area contributed by atoms with E-state index in [2.05, 4.69) is 10.6 Å².